The molecule has 0 aliphatic carbocycles. The molecule has 1 aromatic rings. The number of rotatable bonds is 6. The summed E-state index contributed by atoms with van der Waals surface area (Å²) in [4.78, 5) is 2.61. The van der Waals surface area contributed by atoms with E-state index in [0.29, 0.717) is 0 Å². The fourth-order valence-corrected chi connectivity index (χ4v) is 2.93. The summed E-state index contributed by atoms with van der Waals surface area (Å²) in [6.07, 6.45) is 3.85. The van der Waals surface area contributed by atoms with Crippen molar-refractivity contribution in [2.24, 2.45) is 5.92 Å². The molecular formula is C16H25ClN2. The van der Waals surface area contributed by atoms with E-state index in [1.54, 1.807) is 0 Å². The molecule has 1 N–H and O–H groups in total. The molecule has 1 aliphatic heterocycles. The third-order valence-electron chi connectivity index (χ3n) is 3.92. The predicted molar refractivity (Wildman–Crippen MR) is 82.9 cm³/mol. The fourth-order valence-electron chi connectivity index (χ4n) is 2.81. The minimum Gasteiger partial charge on any atom is -0.317 e. The smallest absolute Gasteiger partial charge is 0.0406 e. The van der Waals surface area contributed by atoms with Gasteiger partial charge in [-0.1, -0.05) is 30.7 Å². The Hall–Kier alpha value is -0.570. The summed E-state index contributed by atoms with van der Waals surface area (Å²) in [6, 6.07) is 8.26. The van der Waals surface area contributed by atoms with Gasteiger partial charge in [0.15, 0.2) is 0 Å². The third kappa shape index (κ3) is 5.13. The van der Waals surface area contributed by atoms with Crippen molar-refractivity contribution < 1.29 is 0 Å². The van der Waals surface area contributed by atoms with Crippen LogP contribution in [0.2, 0.25) is 5.02 Å². The van der Waals surface area contributed by atoms with Crippen LogP contribution in [-0.2, 0) is 6.42 Å². The van der Waals surface area contributed by atoms with E-state index in [1.807, 2.05) is 12.1 Å². The van der Waals surface area contributed by atoms with E-state index in [0.717, 1.165) is 23.9 Å². The highest BCUT2D eigenvalue weighted by atomic mass is 35.5. The van der Waals surface area contributed by atoms with Gasteiger partial charge in [-0.2, -0.15) is 0 Å². The quantitative estimate of drug-likeness (QED) is 0.861. The first kappa shape index (κ1) is 14.8. The Morgan fingerprint density at radius 1 is 1.32 bits per heavy atom. The van der Waals surface area contributed by atoms with E-state index in [2.05, 4.69) is 29.3 Å². The van der Waals surface area contributed by atoms with Gasteiger partial charge in [0, 0.05) is 18.1 Å². The second-order valence-corrected chi connectivity index (χ2v) is 5.93. The lowest BCUT2D eigenvalue weighted by Crippen LogP contribution is -2.40. The molecule has 2 rings (SSSR count). The molecule has 0 aromatic heterocycles. The van der Waals surface area contributed by atoms with Crippen LogP contribution in [0, 0.1) is 5.92 Å². The Labute approximate surface area is 122 Å². The first-order valence-electron chi connectivity index (χ1n) is 7.45. The molecule has 0 saturated carbocycles. The number of nitrogens with zero attached hydrogens (tertiary/aromatic N) is 1. The number of likely N-dealkylation sites (tertiary alicyclic amines) is 1. The number of benzene rings is 1. The molecule has 1 aromatic carbocycles. The van der Waals surface area contributed by atoms with E-state index in [4.69, 9.17) is 11.6 Å². The number of nitrogens with one attached hydrogen (secondary N) is 1. The molecule has 1 saturated heterocycles. The minimum atomic E-state index is 0.826. The minimum absolute atomic E-state index is 0.826. The van der Waals surface area contributed by atoms with Crippen LogP contribution in [0.5, 0.6) is 0 Å². The van der Waals surface area contributed by atoms with Gasteiger partial charge >= 0.3 is 0 Å². The van der Waals surface area contributed by atoms with Crippen LogP contribution < -0.4 is 5.32 Å². The molecule has 1 unspecified atom stereocenters. The molecule has 1 atom stereocenters. The van der Waals surface area contributed by atoms with Crippen LogP contribution in [0.1, 0.15) is 25.3 Å². The maximum absolute atomic E-state index is 5.91. The lowest BCUT2D eigenvalue weighted by Gasteiger charge is -2.32. The molecule has 2 nitrogen and oxygen atoms in total. The van der Waals surface area contributed by atoms with E-state index in [-0.39, 0.29) is 0 Å². The maximum Gasteiger partial charge on any atom is 0.0406 e. The lowest BCUT2D eigenvalue weighted by atomic mass is 9.97. The summed E-state index contributed by atoms with van der Waals surface area (Å²) in [7, 11) is 0. The van der Waals surface area contributed by atoms with Crippen molar-refractivity contribution in [1.82, 2.24) is 10.2 Å². The van der Waals surface area contributed by atoms with E-state index in [9.17, 15) is 0 Å². The number of halogens is 1. The fraction of sp³-hybridized carbons (Fsp3) is 0.625. The van der Waals surface area contributed by atoms with Crippen molar-refractivity contribution in [2.45, 2.75) is 26.2 Å². The maximum atomic E-state index is 5.91. The van der Waals surface area contributed by atoms with Crippen LogP contribution in [0.4, 0.5) is 0 Å². The highest BCUT2D eigenvalue weighted by molar-refractivity contribution is 6.30. The van der Waals surface area contributed by atoms with Gasteiger partial charge in [-0.05, 0) is 62.5 Å². The molecule has 106 valence electrons. The van der Waals surface area contributed by atoms with Crippen LogP contribution in [0.25, 0.3) is 0 Å². The predicted octanol–water partition coefficient (Wildman–Crippen LogP) is 3.20. The third-order valence-corrected chi connectivity index (χ3v) is 4.17. The van der Waals surface area contributed by atoms with Crippen molar-refractivity contribution in [1.29, 1.82) is 0 Å². The van der Waals surface area contributed by atoms with Gasteiger partial charge in [-0.3, -0.25) is 0 Å². The number of hydrogen-bond acceptors (Lipinski definition) is 2. The van der Waals surface area contributed by atoms with Gasteiger partial charge in [0.2, 0.25) is 0 Å². The molecule has 3 heteroatoms. The summed E-state index contributed by atoms with van der Waals surface area (Å²) in [5, 5.41) is 4.30. The summed E-state index contributed by atoms with van der Waals surface area (Å²) in [5.41, 5.74) is 1.39. The van der Waals surface area contributed by atoms with Gasteiger partial charge < -0.3 is 10.2 Å². The van der Waals surface area contributed by atoms with Gasteiger partial charge in [0.25, 0.3) is 0 Å². The Bertz CT molecular complexity index is 364. The van der Waals surface area contributed by atoms with Crippen molar-refractivity contribution in [3.05, 3.63) is 34.9 Å². The molecule has 19 heavy (non-hydrogen) atoms. The Balaban J connectivity index is 1.74. The van der Waals surface area contributed by atoms with E-state index >= 15 is 0 Å². The largest absolute Gasteiger partial charge is 0.317 e. The molecule has 1 heterocycles. The standard InChI is InChI=1S/C16H25ClN2/c1-2-18-12-15-4-3-10-19(13-15)11-9-14-5-7-16(17)8-6-14/h5-8,15,18H,2-4,9-13H2,1H3. The molecule has 0 spiro atoms. The topological polar surface area (TPSA) is 15.3 Å². The summed E-state index contributed by atoms with van der Waals surface area (Å²) >= 11 is 5.91. The van der Waals surface area contributed by atoms with Crippen molar-refractivity contribution >= 4 is 11.6 Å². The Morgan fingerprint density at radius 2 is 2.11 bits per heavy atom. The van der Waals surface area contributed by atoms with Crippen molar-refractivity contribution in [3.8, 4) is 0 Å². The first-order valence-corrected chi connectivity index (χ1v) is 7.83. The second kappa shape index (κ2) is 7.88. The van der Waals surface area contributed by atoms with Crippen LogP contribution >= 0.6 is 11.6 Å². The number of hydrogen-bond donors (Lipinski definition) is 1. The summed E-state index contributed by atoms with van der Waals surface area (Å²) in [6.45, 7) is 8.12. The van der Waals surface area contributed by atoms with Gasteiger partial charge in [0.1, 0.15) is 0 Å². The molecule has 0 radical (unpaired) electrons. The summed E-state index contributed by atoms with van der Waals surface area (Å²) in [5.74, 6) is 0.832. The summed E-state index contributed by atoms with van der Waals surface area (Å²) < 4.78 is 0. The van der Waals surface area contributed by atoms with Gasteiger partial charge in [0.05, 0.1) is 0 Å². The molecule has 0 bridgehead atoms. The zero-order chi connectivity index (χ0) is 13.5. The van der Waals surface area contributed by atoms with Gasteiger partial charge in [-0.25, -0.2) is 0 Å². The van der Waals surface area contributed by atoms with Crippen molar-refractivity contribution in [3.63, 3.8) is 0 Å². The molecule has 1 fully saturated rings. The highest BCUT2D eigenvalue weighted by Gasteiger charge is 2.18. The molecule has 1 aliphatic rings. The highest BCUT2D eigenvalue weighted by Crippen LogP contribution is 2.16. The first-order chi connectivity index (χ1) is 9.28. The van der Waals surface area contributed by atoms with E-state index in [1.165, 1.54) is 44.6 Å². The molecule has 0 amide bonds. The average Bonchev–Trinajstić information content (AvgIpc) is 2.45. The normalized spacial score (nSPS) is 20.6. The van der Waals surface area contributed by atoms with Crippen LogP contribution in [0.3, 0.4) is 0 Å². The molecular weight excluding hydrogens is 256 g/mol. The Morgan fingerprint density at radius 3 is 2.84 bits per heavy atom. The monoisotopic (exact) mass is 280 g/mol. The zero-order valence-electron chi connectivity index (χ0n) is 11.9. The van der Waals surface area contributed by atoms with Crippen LogP contribution in [0.15, 0.2) is 24.3 Å². The number of piperidine rings is 1. The Kier molecular flexibility index (Phi) is 6.15. The van der Waals surface area contributed by atoms with Crippen LogP contribution in [-0.4, -0.2) is 37.6 Å². The lowest BCUT2D eigenvalue weighted by molar-refractivity contribution is 0.174. The van der Waals surface area contributed by atoms with Crippen molar-refractivity contribution in [2.75, 3.05) is 32.7 Å². The van der Waals surface area contributed by atoms with E-state index < -0.39 is 0 Å². The SMILES string of the molecule is CCNCC1CCCN(CCc2ccc(Cl)cc2)C1. The zero-order valence-corrected chi connectivity index (χ0v) is 12.6. The second-order valence-electron chi connectivity index (χ2n) is 5.49. The van der Waals surface area contributed by atoms with Gasteiger partial charge in [-0.15, -0.1) is 0 Å². The average molecular weight is 281 g/mol.